The van der Waals surface area contributed by atoms with Gasteiger partial charge in [0.15, 0.2) is 0 Å². The predicted molar refractivity (Wildman–Crippen MR) is 108 cm³/mol. The zero-order valence-electron chi connectivity index (χ0n) is 16.0. The number of para-hydroxylation sites is 2. The minimum Gasteiger partial charge on any atom is -0.355 e. The maximum absolute atomic E-state index is 4.78. The zero-order valence-corrected chi connectivity index (χ0v) is 16.0. The van der Waals surface area contributed by atoms with Gasteiger partial charge in [0.25, 0.3) is 0 Å². The largest absolute Gasteiger partial charge is 0.355 e. The number of fused-ring (bicyclic) bond motifs is 1. The maximum atomic E-state index is 4.78. The highest BCUT2D eigenvalue weighted by atomic mass is 15.4. The molecule has 2 aliphatic rings. The molecule has 2 fully saturated rings. The number of benzene rings is 1. The van der Waals surface area contributed by atoms with Crippen molar-refractivity contribution < 1.29 is 0 Å². The lowest BCUT2D eigenvalue weighted by atomic mass is 10.1. The van der Waals surface area contributed by atoms with E-state index in [-0.39, 0.29) is 0 Å². The van der Waals surface area contributed by atoms with Crippen molar-refractivity contribution in [2.45, 2.75) is 25.4 Å². The first-order valence-electron chi connectivity index (χ1n) is 10.2. The van der Waals surface area contributed by atoms with Gasteiger partial charge in [-0.05, 0) is 25.0 Å². The Hall–Kier alpha value is -2.58. The van der Waals surface area contributed by atoms with Crippen molar-refractivity contribution in [1.29, 1.82) is 0 Å². The molecule has 3 aromatic rings. The smallest absolute Gasteiger partial charge is 0.147 e. The van der Waals surface area contributed by atoms with Gasteiger partial charge in [-0.2, -0.15) is 0 Å². The molecule has 0 atom stereocenters. The lowest BCUT2D eigenvalue weighted by molar-refractivity contribution is 0.230. The van der Waals surface area contributed by atoms with Crippen molar-refractivity contribution in [3.8, 4) is 0 Å². The van der Waals surface area contributed by atoms with E-state index in [2.05, 4.69) is 41.3 Å². The number of piperidine rings is 1. The first kappa shape index (κ1) is 17.5. The SMILES string of the molecule is c1ccc2nc(N3CCC(n4cc(CN5CCNCC5)nn4)CC3)cnc2c1. The van der Waals surface area contributed by atoms with Crippen LogP contribution < -0.4 is 10.2 Å². The molecule has 0 saturated carbocycles. The van der Waals surface area contributed by atoms with Crippen LogP contribution >= 0.6 is 0 Å². The Kier molecular flexibility index (Phi) is 4.88. The van der Waals surface area contributed by atoms with E-state index in [1.165, 1.54) is 0 Å². The molecule has 0 bridgehead atoms. The molecule has 2 aromatic heterocycles. The number of hydrogen-bond donors (Lipinski definition) is 1. The summed E-state index contributed by atoms with van der Waals surface area (Å²) in [6, 6.07) is 8.44. The van der Waals surface area contributed by atoms with Crippen LogP contribution in [0.15, 0.2) is 36.7 Å². The number of rotatable bonds is 4. The van der Waals surface area contributed by atoms with Crippen LogP contribution in [0, 0.1) is 0 Å². The monoisotopic (exact) mass is 378 g/mol. The third kappa shape index (κ3) is 3.70. The molecule has 5 rings (SSSR count). The Labute approximate surface area is 164 Å². The lowest BCUT2D eigenvalue weighted by Gasteiger charge is -2.32. The van der Waals surface area contributed by atoms with Crippen molar-refractivity contribution in [1.82, 2.24) is 35.2 Å². The molecule has 0 unspecified atom stereocenters. The highest BCUT2D eigenvalue weighted by Gasteiger charge is 2.23. The van der Waals surface area contributed by atoms with Gasteiger partial charge in [-0.15, -0.1) is 5.10 Å². The van der Waals surface area contributed by atoms with Gasteiger partial charge in [0.05, 0.1) is 35.2 Å². The van der Waals surface area contributed by atoms with Crippen molar-refractivity contribution in [2.75, 3.05) is 44.2 Å². The number of piperazine rings is 1. The number of nitrogens with one attached hydrogen (secondary N) is 1. The predicted octanol–water partition coefficient (Wildman–Crippen LogP) is 1.47. The van der Waals surface area contributed by atoms with Crippen LogP contribution in [0.1, 0.15) is 24.6 Å². The summed E-state index contributed by atoms with van der Waals surface area (Å²) < 4.78 is 2.07. The van der Waals surface area contributed by atoms with Gasteiger partial charge in [0.1, 0.15) is 5.82 Å². The van der Waals surface area contributed by atoms with Crippen LogP contribution in [0.2, 0.25) is 0 Å². The zero-order chi connectivity index (χ0) is 18.8. The second-order valence-electron chi connectivity index (χ2n) is 7.65. The summed E-state index contributed by atoms with van der Waals surface area (Å²) >= 11 is 0. The fraction of sp³-hybridized carbons (Fsp3) is 0.500. The van der Waals surface area contributed by atoms with Gasteiger partial charge >= 0.3 is 0 Å². The van der Waals surface area contributed by atoms with E-state index in [0.717, 1.165) is 81.2 Å². The molecule has 0 amide bonds. The molecule has 1 aromatic carbocycles. The molecular weight excluding hydrogens is 352 g/mol. The van der Waals surface area contributed by atoms with Gasteiger partial charge in [-0.25, -0.2) is 9.67 Å². The topological polar surface area (TPSA) is 75.0 Å². The Morgan fingerprint density at radius 3 is 2.61 bits per heavy atom. The third-order valence-corrected chi connectivity index (χ3v) is 5.75. The summed E-state index contributed by atoms with van der Waals surface area (Å²) in [5.74, 6) is 0.968. The van der Waals surface area contributed by atoms with Crippen LogP contribution in [0.3, 0.4) is 0 Å². The second kappa shape index (κ2) is 7.81. The summed E-state index contributed by atoms with van der Waals surface area (Å²) in [5.41, 5.74) is 2.97. The van der Waals surface area contributed by atoms with Gasteiger partial charge in [0, 0.05) is 45.8 Å². The van der Waals surface area contributed by atoms with Crippen LogP contribution in [0.25, 0.3) is 11.0 Å². The Morgan fingerprint density at radius 1 is 1.00 bits per heavy atom. The number of anilines is 1. The Morgan fingerprint density at radius 2 is 1.79 bits per heavy atom. The molecular formula is C20H26N8. The Balaban J connectivity index is 1.20. The first-order valence-corrected chi connectivity index (χ1v) is 10.2. The molecule has 8 heteroatoms. The number of nitrogens with zero attached hydrogens (tertiary/aromatic N) is 7. The quantitative estimate of drug-likeness (QED) is 0.737. The van der Waals surface area contributed by atoms with Crippen LogP contribution in [-0.4, -0.2) is 69.1 Å². The average molecular weight is 378 g/mol. The van der Waals surface area contributed by atoms with E-state index in [0.29, 0.717) is 6.04 Å². The standard InChI is InChI=1S/C20H26N8/c1-2-4-19-18(3-1)22-13-20(23-19)27-9-5-17(6-10-27)28-15-16(24-25-28)14-26-11-7-21-8-12-26/h1-4,13,15,17,21H,5-12,14H2. The number of hydrogen-bond acceptors (Lipinski definition) is 7. The number of aromatic nitrogens is 5. The molecule has 2 aliphatic heterocycles. The molecule has 1 N–H and O–H groups in total. The van der Waals surface area contributed by atoms with Crippen LogP contribution in [-0.2, 0) is 6.54 Å². The Bertz CT molecular complexity index is 925. The highest BCUT2D eigenvalue weighted by molar-refractivity contribution is 5.75. The summed E-state index contributed by atoms with van der Waals surface area (Å²) in [5, 5.41) is 12.2. The fourth-order valence-corrected chi connectivity index (χ4v) is 4.12. The lowest BCUT2D eigenvalue weighted by Crippen LogP contribution is -2.42. The summed E-state index contributed by atoms with van der Waals surface area (Å²) in [7, 11) is 0. The van der Waals surface area contributed by atoms with Crippen LogP contribution in [0.5, 0.6) is 0 Å². The van der Waals surface area contributed by atoms with E-state index in [9.17, 15) is 0 Å². The summed E-state index contributed by atoms with van der Waals surface area (Å²) in [4.78, 5) is 14.1. The molecule has 0 radical (unpaired) electrons. The van der Waals surface area contributed by atoms with Gasteiger partial charge in [-0.3, -0.25) is 9.88 Å². The van der Waals surface area contributed by atoms with Gasteiger partial charge < -0.3 is 10.2 Å². The van der Waals surface area contributed by atoms with Gasteiger partial charge in [-0.1, -0.05) is 17.3 Å². The summed E-state index contributed by atoms with van der Waals surface area (Å²) in [6.07, 6.45) is 6.12. The van der Waals surface area contributed by atoms with Crippen molar-refractivity contribution in [3.05, 3.63) is 42.4 Å². The second-order valence-corrected chi connectivity index (χ2v) is 7.65. The van der Waals surface area contributed by atoms with E-state index >= 15 is 0 Å². The molecule has 146 valence electrons. The molecule has 4 heterocycles. The minimum atomic E-state index is 0.411. The average Bonchev–Trinajstić information content (AvgIpc) is 3.23. The van der Waals surface area contributed by atoms with E-state index in [1.807, 2.05) is 30.5 Å². The van der Waals surface area contributed by atoms with Crippen molar-refractivity contribution in [2.24, 2.45) is 0 Å². The third-order valence-electron chi connectivity index (χ3n) is 5.75. The molecule has 28 heavy (non-hydrogen) atoms. The molecule has 8 nitrogen and oxygen atoms in total. The van der Waals surface area contributed by atoms with E-state index in [4.69, 9.17) is 4.98 Å². The van der Waals surface area contributed by atoms with Crippen molar-refractivity contribution >= 4 is 16.9 Å². The van der Waals surface area contributed by atoms with Gasteiger partial charge in [0.2, 0.25) is 0 Å². The minimum absolute atomic E-state index is 0.411. The molecule has 0 aliphatic carbocycles. The fourth-order valence-electron chi connectivity index (χ4n) is 4.12. The summed E-state index contributed by atoms with van der Waals surface area (Å²) in [6.45, 7) is 7.10. The highest BCUT2D eigenvalue weighted by Crippen LogP contribution is 2.25. The van der Waals surface area contributed by atoms with E-state index < -0.39 is 0 Å². The normalized spacial score (nSPS) is 19.4. The first-order chi connectivity index (χ1) is 13.8. The maximum Gasteiger partial charge on any atom is 0.147 e. The molecule has 0 spiro atoms. The van der Waals surface area contributed by atoms with Crippen molar-refractivity contribution in [3.63, 3.8) is 0 Å². The van der Waals surface area contributed by atoms with Crippen LogP contribution in [0.4, 0.5) is 5.82 Å². The van der Waals surface area contributed by atoms with E-state index in [1.54, 1.807) is 0 Å². The molecule has 2 saturated heterocycles.